The number of thiazole rings is 1. The first-order valence-electron chi connectivity index (χ1n) is 12.2. The van der Waals surface area contributed by atoms with Crippen molar-refractivity contribution in [2.75, 3.05) is 13.2 Å². The summed E-state index contributed by atoms with van der Waals surface area (Å²) in [5, 5.41) is 10.0. The topological polar surface area (TPSA) is 99.4 Å². The number of carbonyl (C=O) groups is 1. The molecule has 0 aliphatic carbocycles. The summed E-state index contributed by atoms with van der Waals surface area (Å²) in [6.45, 7) is 9.98. The van der Waals surface area contributed by atoms with E-state index in [0.29, 0.717) is 50.9 Å². The minimum atomic E-state index is -0.709. The van der Waals surface area contributed by atoms with E-state index in [2.05, 4.69) is 4.99 Å². The van der Waals surface area contributed by atoms with Crippen molar-refractivity contribution >= 4 is 23.4 Å². The predicted molar refractivity (Wildman–Crippen MR) is 142 cm³/mol. The summed E-state index contributed by atoms with van der Waals surface area (Å²) in [5.41, 5.74) is 1.97. The third kappa shape index (κ3) is 5.46. The molecule has 2 aromatic carbocycles. The molecule has 194 valence electrons. The van der Waals surface area contributed by atoms with Gasteiger partial charge in [-0.15, -0.1) is 0 Å². The number of carbonyl (C=O) groups excluding carboxylic acids is 1. The lowest BCUT2D eigenvalue weighted by molar-refractivity contribution is -0.143. The van der Waals surface area contributed by atoms with Crippen LogP contribution in [-0.4, -0.2) is 35.0 Å². The lowest BCUT2D eigenvalue weighted by Gasteiger charge is -2.25. The predicted octanol–water partition coefficient (Wildman–Crippen LogP) is 3.69. The second-order valence-electron chi connectivity index (χ2n) is 8.70. The molecule has 8 nitrogen and oxygen atoms in total. The maximum Gasteiger partial charge on any atom is 0.338 e. The van der Waals surface area contributed by atoms with Crippen molar-refractivity contribution in [3.05, 3.63) is 84.5 Å². The Morgan fingerprint density at radius 2 is 1.84 bits per heavy atom. The molecular formula is C28H30N2O6S. The smallest absolute Gasteiger partial charge is 0.338 e. The maximum absolute atomic E-state index is 13.7. The average Bonchev–Trinajstić information content (AvgIpc) is 3.15. The van der Waals surface area contributed by atoms with Gasteiger partial charge in [0.05, 0.1) is 41.2 Å². The maximum atomic E-state index is 13.7. The number of hydrogen-bond donors (Lipinski definition) is 1. The molecular weight excluding hydrogens is 492 g/mol. The second-order valence-corrected chi connectivity index (χ2v) is 9.71. The molecule has 0 saturated carbocycles. The Balaban J connectivity index is 1.89. The third-order valence-electron chi connectivity index (χ3n) is 5.67. The number of allylic oxidation sites excluding steroid dienone is 1. The Bertz CT molecular complexity index is 1520. The van der Waals surface area contributed by atoms with Crippen LogP contribution < -0.4 is 24.4 Å². The van der Waals surface area contributed by atoms with Crippen molar-refractivity contribution in [1.82, 2.24) is 4.57 Å². The van der Waals surface area contributed by atoms with Crippen LogP contribution in [0.15, 0.2) is 63.5 Å². The fraction of sp³-hybridized carbons (Fsp3) is 0.321. The van der Waals surface area contributed by atoms with Crippen LogP contribution in [0.5, 0.6) is 17.2 Å². The van der Waals surface area contributed by atoms with E-state index in [9.17, 15) is 14.7 Å². The van der Waals surface area contributed by atoms with Crippen molar-refractivity contribution in [3.63, 3.8) is 0 Å². The van der Waals surface area contributed by atoms with Crippen molar-refractivity contribution < 1.29 is 24.1 Å². The van der Waals surface area contributed by atoms with Crippen molar-refractivity contribution in [1.29, 1.82) is 0 Å². The van der Waals surface area contributed by atoms with Crippen LogP contribution in [0.2, 0.25) is 0 Å². The Hall–Kier alpha value is -3.85. The van der Waals surface area contributed by atoms with Gasteiger partial charge in [-0.2, -0.15) is 0 Å². The number of phenols is 1. The van der Waals surface area contributed by atoms with E-state index in [1.165, 1.54) is 17.4 Å². The third-order valence-corrected chi connectivity index (χ3v) is 6.66. The zero-order chi connectivity index (χ0) is 26.7. The van der Waals surface area contributed by atoms with E-state index >= 15 is 0 Å². The van der Waals surface area contributed by atoms with Crippen LogP contribution in [0.3, 0.4) is 0 Å². The van der Waals surface area contributed by atoms with Crippen LogP contribution in [0, 0.1) is 0 Å². The molecule has 3 aromatic rings. The number of hydrogen-bond acceptors (Lipinski definition) is 8. The summed E-state index contributed by atoms with van der Waals surface area (Å²) in [7, 11) is 0. The van der Waals surface area contributed by atoms with E-state index in [1.54, 1.807) is 43.5 Å². The lowest BCUT2D eigenvalue weighted by atomic mass is 9.96. The normalized spacial score (nSPS) is 15.4. The number of rotatable bonds is 8. The second kappa shape index (κ2) is 11.0. The van der Waals surface area contributed by atoms with Gasteiger partial charge in [-0.05, 0) is 76.1 Å². The zero-order valence-corrected chi connectivity index (χ0v) is 22.3. The molecule has 0 spiro atoms. The van der Waals surface area contributed by atoms with Gasteiger partial charge in [-0.25, -0.2) is 9.79 Å². The fourth-order valence-electron chi connectivity index (χ4n) is 4.13. The average molecular weight is 523 g/mol. The quantitative estimate of drug-likeness (QED) is 0.453. The summed E-state index contributed by atoms with van der Waals surface area (Å²) in [6.07, 6.45) is 1.40. The van der Waals surface area contributed by atoms with Crippen LogP contribution in [-0.2, 0) is 9.53 Å². The molecule has 1 aromatic heterocycles. The first-order valence-corrected chi connectivity index (χ1v) is 13.0. The number of nitrogens with zero attached hydrogens (tertiary/aromatic N) is 2. The van der Waals surface area contributed by atoms with Gasteiger partial charge in [-0.1, -0.05) is 29.5 Å². The minimum absolute atomic E-state index is 0.0277. The van der Waals surface area contributed by atoms with E-state index in [-0.39, 0.29) is 17.4 Å². The van der Waals surface area contributed by atoms with E-state index < -0.39 is 12.0 Å². The Morgan fingerprint density at radius 1 is 1.14 bits per heavy atom. The van der Waals surface area contributed by atoms with Crippen molar-refractivity contribution in [3.8, 4) is 17.2 Å². The van der Waals surface area contributed by atoms with Crippen LogP contribution in [0.4, 0.5) is 0 Å². The molecule has 0 radical (unpaired) electrons. The molecule has 0 bridgehead atoms. The van der Waals surface area contributed by atoms with Gasteiger partial charge in [0, 0.05) is 0 Å². The standard InChI is InChI=1S/C28H30N2O6S/c1-6-34-20-11-9-19(10-12-20)25-24(27(33)36-16(3)4)17(5)29-28-30(25)26(32)23(37-28)15-18-8-13-21(31)22(14-18)35-7-2/h8-16,25,31H,6-7H2,1-5H3/b23-15+/t25-/m0/s1. The van der Waals surface area contributed by atoms with Crippen LogP contribution >= 0.6 is 11.3 Å². The molecule has 0 amide bonds. The number of ether oxygens (including phenoxy) is 3. The first kappa shape index (κ1) is 26.2. The van der Waals surface area contributed by atoms with Crippen LogP contribution in [0.25, 0.3) is 6.08 Å². The molecule has 1 aliphatic heterocycles. The molecule has 1 N–H and O–H groups in total. The summed E-state index contributed by atoms with van der Waals surface area (Å²) >= 11 is 1.24. The molecule has 0 saturated heterocycles. The highest BCUT2D eigenvalue weighted by molar-refractivity contribution is 7.07. The minimum Gasteiger partial charge on any atom is -0.504 e. The summed E-state index contributed by atoms with van der Waals surface area (Å²) in [5.74, 6) is 0.554. The molecule has 1 aliphatic rings. The van der Waals surface area contributed by atoms with E-state index in [4.69, 9.17) is 14.2 Å². The zero-order valence-electron chi connectivity index (χ0n) is 21.5. The van der Waals surface area contributed by atoms with Crippen molar-refractivity contribution in [2.45, 2.75) is 46.8 Å². The van der Waals surface area contributed by atoms with E-state index in [1.807, 2.05) is 38.1 Å². The number of aromatic nitrogens is 1. The first-order chi connectivity index (χ1) is 17.7. The van der Waals surface area contributed by atoms with Gasteiger partial charge >= 0.3 is 5.97 Å². The number of phenolic OH excluding ortho intramolecular Hbond substituents is 1. The van der Waals surface area contributed by atoms with Gasteiger partial charge in [0.25, 0.3) is 5.56 Å². The largest absolute Gasteiger partial charge is 0.504 e. The van der Waals surface area contributed by atoms with Gasteiger partial charge in [0.1, 0.15) is 5.75 Å². The number of fused-ring (bicyclic) bond motifs is 1. The Kier molecular flexibility index (Phi) is 7.83. The molecule has 4 rings (SSSR count). The number of aromatic hydroxyl groups is 1. The van der Waals surface area contributed by atoms with Crippen molar-refractivity contribution in [2.24, 2.45) is 4.99 Å². The molecule has 1 atom stereocenters. The van der Waals surface area contributed by atoms with E-state index in [0.717, 1.165) is 5.56 Å². The molecule has 2 heterocycles. The highest BCUT2D eigenvalue weighted by Crippen LogP contribution is 2.32. The SMILES string of the molecule is CCOc1ccc([C@H]2C(C(=O)OC(C)C)=C(C)N=c3s/c(=C/c4ccc(O)c(OCC)c4)c(=O)n32)cc1. The summed E-state index contributed by atoms with van der Waals surface area (Å²) in [6, 6.07) is 11.5. The van der Waals surface area contributed by atoms with Gasteiger partial charge in [-0.3, -0.25) is 9.36 Å². The van der Waals surface area contributed by atoms with Crippen LogP contribution in [0.1, 0.15) is 51.8 Å². The van der Waals surface area contributed by atoms with Gasteiger partial charge < -0.3 is 19.3 Å². The number of esters is 1. The number of benzene rings is 2. The lowest BCUT2D eigenvalue weighted by Crippen LogP contribution is -2.40. The summed E-state index contributed by atoms with van der Waals surface area (Å²) < 4.78 is 18.6. The molecule has 0 fully saturated rings. The fourth-order valence-corrected chi connectivity index (χ4v) is 5.18. The van der Waals surface area contributed by atoms with Gasteiger partial charge in [0.2, 0.25) is 0 Å². The Morgan fingerprint density at radius 3 is 2.49 bits per heavy atom. The summed E-state index contributed by atoms with van der Waals surface area (Å²) in [4.78, 5) is 32.0. The van der Waals surface area contributed by atoms with Gasteiger partial charge in [0.15, 0.2) is 16.3 Å². The molecule has 37 heavy (non-hydrogen) atoms. The molecule has 9 heteroatoms. The monoisotopic (exact) mass is 522 g/mol. The highest BCUT2D eigenvalue weighted by Gasteiger charge is 2.33. The molecule has 0 unspecified atom stereocenters. The Labute approximate surface area is 218 Å². The highest BCUT2D eigenvalue weighted by atomic mass is 32.1.